The van der Waals surface area contributed by atoms with E-state index in [1.807, 2.05) is 17.7 Å². The molecule has 0 aliphatic heterocycles. The highest BCUT2D eigenvalue weighted by atomic mass is 79.9. The fourth-order valence-electron chi connectivity index (χ4n) is 1.17. The van der Waals surface area contributed by atoms with E-state index < -0.39 is 0 Å². The maximum atomic E-state index is 5.91. The van der Waals surface area contributed by atoms with Gasteiger partial charge < -0.3 is 0 Å². The van der Waals surface area contributed by atoms with Crippen molar-refractivity contribution in [1.29, 1.82) is 0 Å². The first-order valence-corrected chi connectivity index (χ1v) is 6.07. The summed E-state index contributed by atoms with van der Waals surface area (Å²) in [6, 6.07) is 4.13. The van der Waals surface area contributed by atoms with Crippen LogP contribution >= 0.6 is 38.9 Å². The van der Waals surface area contributed by atoms with Crippen LogP contribution < -0.4 is 0 Å². The largest absolute Gasteiger partial charge is 0.263 e. The fourth-order valence-corrected chi connectivity index (χ4v) is 2.77. The Morgan fingerprint density at radius 2 is 2.36 bits per heavy atom. The van der Waals surface area contributed by atoms with E-state index >= 15 is 0 Å². The summed E-state index contributed by atoms with van der Waals surface area (Å²) in [7, 11) is 0. The SMILES string of the molecule is Cc1c(Cl)cnn1Cc1ccc(Br)s1. The number of hydrogen-bond donors (Lipinski definition) is 0. The molecule has 2 nitrogen and oxygen atoms in total. The molecule has 0 atom stereocenters. The number of thiophene rings is 1. The van der Waals surface area contributed by atoms with Gasteiger partial charge in [0.15, 0.2) is 0 Å². The van der Waals surface area contributed by atoms with Crippen molar-refractivity contribution >= 4 is 38.9 Å². The summed E-state index contributed by atoms with van der Waals surface area (Å²) in [6.07, 6.45) is 1.68. The maximum absolute atomic E-state index is 5.91. The van der Waals surface area contributed by atoms with Crippen LogP contribution in [0.2, 0.25) is 5.02 Å². The van der Waals surface area contributed by atoms with E-state index in [1.165, 1.54) is 4.88 Å². The molecule has 0 radical (unpaired) electrons. The van der Waals surface area contributed by atoms with Gasteiger partial charge in [-0.15, -0.1) is 11.3 Å². The van der Waals surface area contributed by atoms with Gasteiger partial charge in [-0.1, -0.05) is 11.6 Å². The second kappa shape index (κ2) is 4.04. The minimum absolute atomic E-state index is 0.723. The molecule has 0 N–H and O–H groups in total. The molecule has 14 heavy (non-hydrogen) atoms. The van der Waals surface area contributed by atoms with Crippen molar-refractivity contribution in [3.05, 3.63) is 37.7 Å². The predicted molar refractivity (Wildman–Crippen MR) is 63.1 cm³/mol. The van der Waals surface area contributed by atoms with E-state index in [0.29, 0.717) is 0 Å². The average molecular weight is 292 g/mol. The van der Waals surface area contributed by atoms with E-state index in [0.717, 1.165) is 21.0 Å². The number of nitrogens with zero attached hydrogens (tertiary/aromatic N) is 2. The molecular weight excluding hydrogens is 284 g/mol. The molecule has 0 bridgehead atoms. The number of aromatic nitrogens is 2. The normalized spacial score (nSPS) is 10.8. The molecule has 0 spiro atoms. The number of rotatable bonds is 2. The highest BCUT2D eigenvalue weighted by Gasteiger charge is 2.05. The summed E-state index contributed by atoms with van der Waals surface area (Å²) >= 11 is 11.1. The van der Waals surface area contributed by atoms with Gasteiger partial charge in [-0.3, -0.25) is 4.68 Å². The molecule has 0 amide bonds. The van der Waals surface area contributed by atoms with Gasteiger partial charge in [0.2, 0.25) is 0 Å². The second-order valence-corrected chi connectivity index (χ2v) is 5.90. The lowest BCUT2D eigenvalue weighted by Gasteiger charge is -2.01. The molecule has 0 saturated heterocycles. The predicted octanol–water partition coefficient (Wildman–Crippen LogP) is 3.72. The summed E-state index contributed by atoms with van der Waals surface area (Å²) in [5.41, 5.74) is 1.01. The summed E-state index contributed by atoms with van der Waals surface area (Å²) in [5.74, 6) is 0. The van der Waals surface area contributed by atoms with Crippen LogP contribution in [0.1, 0.15) is 10.6 Å². The van der Waals surface area contributed by atoms with Crippen LogP contribution in [0.25, 0.3) is 0 Å². The minimum atomic E-state index is 0.723. The highest BCUT2D eigenvalue weighted by Crippen LogP contribution is 2.23. The molecule has 2 heterocycles. The molecule has 2 rings (SSSR count). The third-order valence-corrected chi connectivity index (χ3v) is 3.96. The Morgan fingerprint density at radius 1 is 1.57 bits per heavy atom. The third-order valence-electron chi connectivity index (χ3n) is 1.98. The maximum Gasteiger partial charge on any atom is 0.0815 e. The lowest BCUT2D eigenvalue weighted by molar-refractivity contribution is 0.672. The number of hydrogen-bond acceptors (Lipinski definition) is 2. The van der Waals surface area contributed by atoms with Crippen molar-refractivity contribution in [3.63, 3.8) is 0 Å². The smallest absolute Gasteiger partial charge is 0.0815 e. The van der Waals surface area contributed by atoms with Gasteiger partial charge >= 0.3 is 0 Å². The standard InChI is InChI=1S/C9H8BrClN2S/c1-6-8(11)4-12-13(6)5-7-2-3-9(10)14-7/h2-4H,5H2,1H3. The fraction of sp³-hybridized carbons (Fsp3) is 0.222. The van der Waals surface area contributed by atoms with Crippen molar-refractivity contribution in [1.82, 2.24) is 9.78 Å². The van der Waals surface area contributed by atoms with Crippen LogP contribution in [0.3, 0.4) is 0 Å². The van der Waals surface area contributed by atoms with Gasteiger partial charge in [0.25, 0.3) is 0 Å². The minimum Gasteiger partial charge on any atom is -0.263 e. The lowest BCUT2D eigenvalue weighted by atomic mass is 10.4. The van der Waals surface area contributed by atoms with E-state index in [4.69, 9.17) is 11.6 Å². The molecule has 0 aliphatic rings. The molecule has 0 fully saturated rings. The second-order valence-electron chi connectivity index (χ2n) is 2.94. The van der Waals surface area contributed by atoms with Crippen LogP contribution in [0, 0.1) is 6.92 Å². The van der Waals surface area contributed by atoms with Gasteiger partial charge in [-0.25, -0.2) is 0 Å². The summed E-state index contributed by atoms with van der Waals surface area (Å²) in [4.78, 5) is 1.26. The Labute approximate surface area is 99.6 Å². The summed E-state index contributed by atoms with van der Waals surface area (Å²) in [6.45, 7) is 2.76. The Morgan fingerprint density at radius 3 is 2.86 bits per heavy atom. The summed E-state index contributed by atoms with van der Waals surface area (Å²) < 4.78 is 3.05. The molecule has 2 aromatic rings. The van der Waals surface area contributed by atoms with Gasteiger partial charge in [-0.05, 0) is 35.0 Å². The molecule has 0 aromatic carbocycles. The van der Waals surface area contributed by atoms with Gasteiger partial charge in [0.1, 0.15) is 0 Å². The zero-order valence-corrected chi connectivity index (χ0v) is 10.7. The van der Waals surface area contributed by atoms with Gasteiger partial charge in [0.05, 0.1) is 27.2 Å². The zero-order valence-electron chi connectivity index (χ0n) is 7.50. The van der Waals surface area contributed by atoms with E-state index in [2.05, 4.69) is 27.1 Å². The summed E-state index contributed by atoms with van der Waals surface area (Å²) in [5, 5.41) is 4.92. The van der Waals surface area contributed by atoms with Gasteiger partial charge in [0, 0.05) is 4.88 Å². The van der Waals surface area contributed by atoms with Crippen molar-refractivity contribution < 1.29 is 0 Å². The van der Waals surface area contributed by atoms with Crippen LogP contribution in [-0.4, -0.2) is 9.78 Å². The van der Waals surface area contributed by atoms with Crippen molar-refractivity contribution in [2.75, 3.05) is 0 Å². The first-order valence-electron chi connectivity index (χ1n) is 4.09. The first-order chi connectivity index (χ1) is 6.66. The van der Waals surface area contributed by atoms with Crippen LogP contribution in [0.5, 0.6) is 0 Å². The number of halogens is 2. The topological polar surface area (TPSA) is 17.8 Å². The molecular formula is C9H8BrClN2S. The molecule has 0 unspecified atom stereocenters. The van der Waals surface area contributed by atoms with Crippen molar-refractivity contribution in [2.45, 2.75) is 13.5 Å². The van der Waals surface area contributed by atoms with E-state index in [-0.39, 0.29) is 0 Å². The molecule has 2 aromatic heterocycles. The molecule has 5 heteroatoms. The molecule has 0 saturated carbocycles. The van der Waals surface area contributed by atoms with Gasteiger partial charge in [-0.2, -0.15) is 5.10 Å². The van der Waals surface area contributed by atoms with Crippen molar-refractivity contribution in [3.8, 4) is 0 Å². The van der Waals surface area contributed by atoms with E-state index in [1.54, 1.807) is 17.5 Å². The Balaban J connectivity index is 2.22. The van der Waals surface area contributed by atoms with Crippen LogP contribution in [0.4, 0.5) is 0 Å². The monoisotopic (exact) mass is 290 g/mol. The Hall–Kier alpha value is -0.320. The Kier molecular flexibility index (Phi) is 2.95. The zero-order chi connectivity index (χ0) is 10.1. The van der Waals surface area contributed by atoms with Crippen molar-refractivity contribution in [2.24, 2.45) is 0 Å². The Bertz CT molecular complexity index is 449. The van der Waals surface area contributed by atoms with E-state index in [9.17, 15) is 0 Å². The quantitative estimate of drug-likeness (QED) is 0.824. The first kappa shape index (κ1) is 10.2. The highest BCUT2D eigenvalue weighted by molar-refractivity contribution is 9.11. The molecule has 0 aliphatic carbocycles. The molecule has 74 valence electrons. The average Bonchev–Trinajstić information content (AvgIpc) is 2.67. The third kappa shape index (κ3) is 2.02. The van der Waals surface area contributed by atoms with Crippen LogP contribution in [-0.2, 0) is 6.54 Å². The van der Waals surface area contributed by atoms with Crippen LogP contribution in [0.15, 0.2) is 22.1 Å². The lowest BCUT2D eigenvalue weighted by Crippen LogP contribution is -2.01.